The van der Waals surface area contributed by atoms with Gasteiger partial charge in [-0.2, -0.15) is 0 Å². The van der Waals surface area contributed by atoms with E-state index < -0.39 is 28.0 Å². The lowest BCUT2D eigenvalue weighted by molar-refractivity contribution is -0.385. The summed E-state index contributed by atoms with van der Waals surface area (Å²) in [5.74, 6) is -2.66. The van der Waals surface area contributed by atoms with E-state index in [1.165, 1.54) is 0 Å². The molecule has 0 amide bonds. The van der Waals surface area contributed by atoms with Gasteiger partial charge in [-0.05, 0) is 6.42 Å². The van der Waals surface area contributed by atoms with Gasteiger partial charge in [0.25, 0.3) is 5.69 Å². The predicted molar refractivity (Wildman–Crippen MR) is 64.4 cm³/mol. The molecule has 1 aliphatic rings. The Kier molecular flexibility index (Phi) is 4.14. The van der Waals surface area contributed by atoms with Crippen molar-refractivity contribution in [3.8, 4) is 5.75 Å². The summed E-state index contributed by atoms with van der Waals surface area (Å²) in [7, 11) is 0. The molecule has 1 fully saturated rings. The Morgan fingerprint density at radius 2 is 2.35 bits per heavy atom. The Morgan fingerprint density at radius 1 is 1.60 bits per heavy atom. The summed E-state index contributed by atoms with van der Waals surface area (Å²) >= 11 is 0. The van der Waals surface area contributed by atoms with E-state index in [1.54, 1.807) is 0 Å². The van der Waals surface area contributed by atoms with Gasteiger partial charge in [0.05, 0.1) is 24.2 Å². The normalized spacial score (nSPS) is 17.9. The number of carboxylic acid groups (broad SMARTS) is 1. The lowest BCUT2D eigenvalue weighted by Gasteiger charge is -2.11. The number of rotatable bonds is 5. The summed E-state index contributed by atoms with van der Waals surface area (Å²) in [5, 5.41) is 19.6. The van der Waals surface area contributed by atoms with E-state index in [9.17, 15) is 19.3 Å². The van der Waals surface area contributed by atoms with E-state index in [-0.39, 0.29) is 18.3 Å². The van der Waals surface area contributed by atoms with Gasteiger partial charge in [0.15, 0.2) is 11.6 Å². The van der Waals surface area contributed by atoms with Crippen molar-refractivity contribution in [1.29, 1.82) is 0 Å². The van der Waals surface area contributed by atoms with Crippen LogP contribution in [-0.2, 0) is 4.74 Å². The number of nitro groups is 1. The smallest absolute Gasteiger partial charge is 0.342 e. The van der Waals surface area contributed by atoms with Crippen LogP contribution < -0.4 is 4.74 Å². The molecule has 1 heterocycles. The van der Waals surface area contributed by atoms with Gasteiger partial charge in [-0.3, -0.25) is 10.1 Å². The largest absolute Gasteiger partial charge is 0.490 e. The highest BCUT2D eigenvalue weighted by Crippen LogP contribution is 2.28. The third kappa shape index (κ3) is 3.02. The Labute approximate surface area is 113 Å². The molecule has 7 nitrogen and oxygen atoms in total. The number of ether oxygens (including phenoxy) is 2. The molecule has 1 unspecified atom stereocenters. The van der Waals surface area contributed by atoms with Crippen LogP contribution in [0.5, 0.6) is 5.75 Å². The molecule has 0 radical (unpaired) electrons. The average molecular weight is 285 g/mol. The van der Waals surface area contributed by atoms with E-state index in [4.69, 9.17) is 14.6 Å². The maximum atomic E-state index is 13.7. The van der Waals surface area contributed by atoms with Crippen molar-refractivity contribution in [2.24, 2.45) is 5.92 Å². The van der Waals surface area contributed by atoms with E-state index in [1.807, 2.05) is 0 Å². The highest BCUT2D eigenvalue weighted by atomic mass is 19.1. The summed E-state index contributed by atoms with van der Waals surface area (Å²) in [4.78, 5) is 20.7. The molecule has 1 N–H and O–H groups in total. The van der Waals surface area contributed by atoms with Gasteiger partial charge in [0.1, 0.15) is 5.56 Å². The van der Waals surface area contributed by atoms with Crippen LogP contribution in [0.4, 0.5) is 10.1 Å². The molecule has 1 saturated heterocycles. The first-order valence-electron chi connectivity index (χ1n) is 5.91. The molecule has 0 aromatic heterocycles. The quantitative estimate of drug-likeness (QED) is 0.654. The Morgan fingerprint density at radius 3 is 2.90 bits per heavy atom. The van der Waals surface area contributed by atoms with Crippen LogP contribution in [0.15, 0.2) is 12.1 Å². The summed E-state index contributed by atoms with van der Waals surface area (Å²) < 4.78 is 24.0. The Hall–Kier alpha value is -2.22. The maximum Gasteiger partial charge on any atom is 0.342 e. The molecule has 8 heteroatoms. The lowest BCUT2D eigenvalue weighted by Crippen LogP contribution is -2.13. The van der Waals surface area contributed by atoms with Crippen molar-refractivity contribution in [3.05, 3.63) is 33.6 Å². The Bertz CT molecular complexity index is 541. The second-order valence-electron chi connectivity index (χ2n) is 4.40. The molecule has 1 atom stereocenters. The number of carboxylic acids is 1. The molecule has 20 heavy (non-hydrogen) atoms. The van der Waals surface area contributed by atoms with Crippen LogP contribution in [0.25, 0.3) is 0 Å². The summed E-state index contributed by atoms with van der Waals surface area (Å²) in [6, 6.07) is 1.40. The number of nitrogens with zero attached hydrogens (tertiary/aromatic N) is 1. The first-order valence-corrected chi connectivity index (χ1v) is 5.91. The average Bonchev–Trinajstić information content (AvgIpc) is 2.89. The third-order valence-electron chi connectivity index (χ3n) is 2.98. The molecule has 0 spiro atoms. The van der Waals surface area contributed by atoms with E-state index in [0.717, 1.165) is 12.5 Å². The standard InChI is InChI=1S/C12H12FNO6/c13-9-4-10(14(17)18)8(12(15)16)3-11(9)20-6-7-1-2-19-5-7/h3-4,7H,1-2,5-6H2,(H,15,16). The molecule has 108 valence electrons. The van der Waals surface area contributed by atoms with Crippen molar-refractivity contribution in [1.82, 2.24) is 0 Å². The fraction of sp³-hybridized carbons (Fsp3) is 0.417. The molecule has 1 aliphatic heterocycles. The highest BCUT2D eigenvalue weighted by Gasteiger charge is 2.25. The number of halogens is 1. The summed E-state index contributed by atoms with van der Waals surface area (Å²) in [5.41, 5.74) is -1.40. The Balaban J connectivity index is 2.22. The van der Waals surface area contributed by atoms with Crippen LogP contribution in [0.1, 0.15) is 16.8 Å². The minimum Gasteiger partial charge on any atom is -0.490 e. The molecule has 0 saturated carbocycles. The molecule has 1 aromatic carbocycles. The monoisotopic (exact) mass is 285 g/mol. The lowest BCUT2D eigenvalue weighted by atomic mass is 10.1. The molecule has 0 bridgehead atoms. The minimum absolute atomic E-state index is 0.109. The second-order valence-corrected chi connectivity index (χ2v) is 4.40. The molecule has 1 aromatic rings. The number of benzene rings is 1. The number of hydrogen-bond acceptors (Lipinski definition) is 5. The fourth-order valence-corrected chi connectivity index (χ4v) is 1.90. The van der Waals surface area contributed by atoms with Crippen LogP contribution in [-0.4, -0.2) is 35.8 Å². The predicted octanol–water partition coefficient (Wildman–Crippen LogP) is 1.85. The molecular formula is C12H12FNO6. The van der Waals surface area contributed by atoms with Gasteiger partial charge in [-0.1, -0.05) is 0 Å². The first kappa shape index (κ1) is 14.2. The van der Waals surface area contributed by atoms with Crippen molar-refractivity contribution in [2.45, 2.75) is 6.42 Å². The van der Waals surface area contributed by atoms with Crippen LogP contribution in [0.3, 0.4) is 0 Å². The van der Waals surface area contributed by atoms with E-state index in [0.29, 0.717) is 19.3 Å². The minimum atomic E-state index is -1.51. The zero-order valence-corrected chi connectivity index (χ0v) is 10.4. The van der Waals surface area contributed by atoms with Crippen LogP contribution in [0, 0.1) is 21.8 Å². The van der Waals surface area contributed by atoms with Gasteiger partial charge < -0.3 is 14.6 Å². The van der Waals surface area contributed by atoms with Crippen molar-refractivity contribution in [3.63, 3.8) is 0 Å². The number of nitro benzene ring substituents is 1. The first-order chi connectivity index (χ1) is 9.49. The molecule has 0 aliphatic carbocycles. The summed E-state index contributed by atoms with van der Waals surface area (Å²) in [6.45, 7) is 1.28. The van der Waals surface area contributed by atoms with Gasteiger partial charge in [0.2, 0.25) is 0 Å². The van der Waals surface area contributed by atoms with E-state index in [2.05, 4.69) is 0 Å². The number of carbonyl (C=O) groups is 1. The third-order valence-corrected chi connectivity index (χ3v) is 2.98. The van der Waals surface area contributed by atoms with Crippen molar-refractivity contribution >= 4 is 11.7 Å². The fourth-order valence-electron chi connectivity index (χ4n) is 1.90. The van der Waals surface area contributed by atoms with Crippen molar-refractivity contribution in [2.75, 3.05) is 19.8 Å². The molecule has 2 rings (SSSR count). The van der Waals surface area contributed by atoms with Crippen molar-refractivity contribution < 1.29 is 28.7 Å². The zero-order chi connectivity index (χ0) is 14.7. The van der Waals surface area contributed by atoms with Gasteiger partial charge in [0, 0.05) is 18.6 Å². The topological polar surface area (TPSA) is 98.9 Å². The maximum absolute atomic E-state index is 13.7. The summed E-state index contributed by atoms with van der Waals surface area (Å²) in [6.07, 6.45) is 0.778. The van der Waals surface area contributed by atoms with Crippen LogP contribution >= 0.6 is 0 Å². The van der Waals surface area contributed by atoms with Crippen LogP contribution in [0.2, 0.25) is 0 Å². The number of hydrogen-bond donors (Lipinski definition) is 1. The highest BCUT2D eigenvalue weighted by molar-refractivity contribution is 5.92. The van der Waals surface area contributed by atoms with Gasteiger partial charge in [-0.25, -0.2) is 9.18 Å². The van der Waals surface area contributed by atoms with Gasteiger partial charge >= 0.3 is 5.97 Å². The second kappa shape index (κ2) is 5.83. The number of aromatic carboxylic acids is 1. The van der Waals surface area contributed by atoms with Gasteiger partial charge in [-0.15, -0.1) is 0 Å². The SMILES string of the molecule is O=C(O)c1cc(OCC2CCOC2)c(F)cc1[N+](=O)[O-]. The zero-order valence-electron chi connectivity index (χ0n) is 10.4. The van der Waals surface area contributed by atoms with E-state index >= 15 is 0 Å². The molecular weight excluding hydrogens is 273 g/mol.